The Morgan fingerprint density at radius 1 is 0.906 bits per heavy atom. The number of rotatable bonds is 9. The molecule has 0 spiro atoms. The fraction of sp³-hybridized carbons (Fsp3) is 0.200. The average Bonchev–Trinajstić information content (AvgIpc) is 3.42. The van der Waals surface area contributed by atoms with Gasteiger partial charge in [0.05, 0.1) is 19.2 Å². The number of benzene rings is 2. The highest BCUT2D eigenvalue weighted by molar-refractivity contribution is 7.11. The maximum Gasteiger partial charge on any atom is 0.278 e. The summed E-state index contributed by atoms with van der Waals surface area (Å²) in [6.07, 6.45) is 0. The van der Waals surface area contributed by atoms with Crippen molar-refractivity contribution >= 4 is 28.7 Å². The zero-order chi connectivity index (χ0) is 22.5. The maximum absolute atomic E-state index is 13.3. The van der Waals surface area contributed by atoms with Gasteiger partial charge in [0.25, 0.3) is 11.8 Å². The Labute approximate surface area is 191 Å². The second-order valence-electron chi connectivity index (χ2n) is 7.33. The molecule has 0 N–H and O–H groups in total. The van der Waals surface area contributed by atoms with Crippen molar-refractivity contribution in [2.75, 3.05) is 27.3 Å². The summed E-state index contributed by atoms with van der Waals surface area (Å²) in [5, 5.41) is 1.91. The molecule has 0 saturated heterocycles. The Morgan fingerprint density at radius 3 is 2.28 bits per heavy atom. The van der Waals surface area contributed by atoms with E-state index in [-0.39, 0.29) is 25.0 Å². The molecular formula is C25H24N2O4S. The van der Waals surface area contributed by atoms with Crippen molar-refractivity contribution in [2.24, 2.45) is 0 Å². The quantitative estimate of drug-likeness (QED) is 0.462. The van der Waals surface area contributed by atoms with Gasteiger partial charge in [-0.2, -0.15) is 0 Å². The van der Waals surface area contributed by atoms with Crippen molar-refractivity contribution in [3.8, 4) is 11.5 Å². The van der Waals surface area contributed by atoms with Crippen molar-refractivity contribution in [1.82, 2.24) is 9.80 Å². The van der Waals surface area contributed by atoms with E-state index < -0.39 is 0 Å². The van der Waals surface area contributed by atoms with Crippen molar-refractivity contribution in [3.63, 3.8) is 0 Å². The van der Waals surface area contributed by atoms with E-state index in [1.165, 1.54) is 16.2 Å². The van der Waals surface area contributed by atoms with Gasteiger partial charge in [0.1, 0.15) is 23.8 Å². The number of carbonyl (C=O) groups is 2. The molecule has 2 amide bonds. The van der Waals surface area contributed by atoms with E-state index >= 15 is 0 Å². The van der Waals surface area contributed by atoms with Gasteiger partial charge in [-0.3, -0.25) is 14.5 Å². The number of carbonyl (C=O) groups excluding carboxylic acids is 2. The SMILES string of the molecule is COc1ccc(OCCN2C(=O)C(c3cccs3)=C(N(C)Cc3ccccc3)C2=O)cc1. The number of methoxy groups -OCH3 is 1. The highest BCUT2D eigenvalue weighted by atomic mass is 32.1. The summed E-state index contributed by atoms with van der Waals surface area (Å²) in [6, 6.07) is 20.8. The van der Waals surface area contributed by atoms with Gasteiger partial charge in [-0.1, -0.05) is 36.4 Å². The van der Waals surface area contributed by atoms with Crippen LogP contribution in [0, 0.1) is 0 Å². The highest BCUT2D eigenvalue weighted by Gasteiger charge is 2.41. The molecule has 4 rings (SSSR count). The molecule has 7 heteroatoms. The molecule has 1 aliphatic rings. The van der Waals surface area contributed by atoms with E-state index in [0.29, 0.717) is 23.6 Å². The largest absolute Gasteiger partial charge is 0.497 e. The first-order valence-electron chi connectivity index (χ1n) is 10.2. The average molecular weight is 449 g/mol. The molecule has 0 radical (unpaired) electrons. The molecule has 2 aromatic carbocycles. The fourth-order valence-corrected chi connectivity index (χ4v) is 4.39. The second-order valence-corrected chi connectivity index (χ2v) is 8.28. The number of hydrogen-bond acceptors (Lipinski definition) is 6. The minimum Gasteiger partial charge on any atom is -0.497 e. The summed E-state index contributed by atoms with van der Waals surface area (Å²) >= 11 is 1.45. The maximum atomic E-state index is 13.3. The van der Waals surface area contributed by atoms with E-state index in [1.54, 1.807) is 31.4 Å². The summed E-state index contributed by atoms with van der Waals surface area (Å²) in [5.41, 5.74) is 1.94. The number of imide groups is 1. The second kappa shape index (κ2) is 9.70. The molecule has 0 saturated carbocycles. The molecule has 1 aromatic heterocycles. The summed E-state index contributed by atoms with van der Waals surface area (Å²) in [6.45, 7) is 0.902. The molecule has 0 atom stereocenters. The molecule has 0 aliphatic carbocycles. The molecular weight excluding hydrogens is 424 g/mol. The predicted molar refractivity (Wildman–Crippen MR) is 124 cm³/mol. The molecule has 164 valence electrons. The number of amides is 2. The zero-order valence-electron chi connectivity index (χ0n) is 18.0. The third-order valence-corrected chi connectivity index (χ3v) is 6.09. The van der Waals surface area contributed by atoms with E-state index in [1.807, 2.05) is 59.8 Å². The molecule has 6 nitrogen and oxygen atoms in total. The van der Waals surface area contributed by atoms with Crippen LogP contribution in [0.3, 0.4) is 0 Å². The van der Waals surface area contributed by atoms with Crippen LogP contribution in [0.4, 0.5) is 0 Å². The van der Waals surface area contributed by atoms with Crippen LogP contribution in [-0.2, 0) is 16.1 Å². The van der Waals surface area contributed by atoms with Gasteiger partial charge in [-0.25, -0.2) is 0 Å². The van der Waals surface area contributed by atoms with Gasteiger partial charge >= 0.3 is 0 Å². The van der Waals surface area contributed by atoms with Crippen LogP contribution in [0.25, 0.3) is 5.57 Å². The smallest absolute Gasteiger partial charge is 0.278 e. The Hall–Kier alpha value is -3.58. The predicted octanol–water partition coefficient (Wildman–Crippen LogP) is 4.05. The van der Waals surface area contributed by atoms with E-state index in [0.717, 1.165) is 16.2 Å². The van der Waals surface area contributed by atoms with Crippen LogP contribution >= 0.6 is 11.3 Å². The Kier molecular flexibility index (Phi) is 6.56. The molecule has 0 bridgehead atoms. The number of nitrogens with zero attached hydrogens (tertiary/aromatic N) is 2. The van der Waals surface area contributed by atoms with Gasteiger partial charge in [0.2, 0.25) is 0 Å². The number of thiophene rings is 1. The molecule has 0 unspecified atom stereocenters. The van der Waals surface area contributed by atoms with Gasteiger partial charge < -0.3 is 14.4 Å². The Balaban J connectivity index is 1.51. The Bertz CT molecular complexity index is 1110. The minimum absolute atomic E-state index is 0.168. The topological polar surface area (TPSA) is 59.1 Å². The first-order chi connectivity index (χ1) is 15.6. The van der Waals surface area contributed by atoms with Crippen LogP contribution in [-0.4, -0.2) is 48.9 Å². The van der Waals surface area contributed by atoms with E-state index in [4.69, 9.17) is 9.47 Å². The summed E-state index contributed by atoms with van der Waals surface area (Å²) in [5.74, 6) is 0.803. The molecule has 3 aromatic rings. The van der Waals surface area contributed by atoms with Gasteiger partial charge in [-0.05, 0) is 41.3 Å². The lowest BCUT2D eigenvalue weighted by Gasteiger charge is -2.21. The summed E-state index contributed by atoms with van der Waals surface area (Å²) in [4.78, 5) is 30.5. The summed E-state index contributed by atoms with van der Waals surface area (Å²) in [7, 11) is 3.45. The Morgan fingerprint density at radius 2 is 1.62 bits per heavy atom. The highest BCUT2D eigenvalue weighted by Crippen LogP contribution is 2.34. The van der Waals surface area contributed by atoms with Crippen LogP contribution in [0.2, 0.25) is 0 Å². The monoisotopic (exact) mass is 448 g/mol. The van der Waals surface area contributed by atoms with Gasteiger partial charge in [-0.15, -0.1) is 11.3 Å². The van der Waals surface area contributed by atoms with Crippen molar-refractivity contribution < 1.29 is 19.1 Å². The first-order valence-corrected chi connectivity index (χ1v) is 11.1. The van der Waals surface area contributed by atoms with Gasteiger partial charge in [0, 0.05) is 18.5 Å². The van der Waals surface area contributed by atoms with Crippen molar-refractivity contribution in [3.05, 3.63) is 88.2 Å². The molecule has 32 heavy (non-hydrogen) atoms. The van der Waals surface area contributed by atoms with Crippen LogP contribution in [0.15, 0.2) is 77.8 Å². The van der Waals surface area contributed by atoms with Crippen LogP contribution in [0.5, 0.6) is 11.5 Å². The minimum atomic E-state index is -0.296. The third-order valence-electron chi connectivity index (χ3n) is 5.20. The van der Waals surface area contributed by atoms with E-state index in [2.05, 4.69) is 0 Å². The lowest BCUT2D eigenvalue weighted by Crippen LogP contribution is -2.37. The first kappa shape index (κ1) is 21.6. The lowest BCUT2D eigenvalue weighted by atomic mass is 10.1. The standard InChI is InChI=1S/C25H24N2O4S/c1-26(17-18-7-4-3-5-8-18)23-22(21-9-6-16-32-21)24(28)27(25(23)29)14-15-31-20-12-10-19(30-2)11-13-20/h3-13,16H,14-15,17H2,1-2H3. The zero-order valence-corrected chi connectivity index (χ0v) is 18.8. The van der Waals surface area contributed by atoms with E-state index in [9.17, 15) is 9.59 Å². The molecule has 2 heterocycles. The lowest BCUT2D eigenvalue weighted by molar-refractivity contribution is -0.137. The number of ether oxygens (including phenoxy) is 2. The van der Waals surface area contributed by atoms with Crippen molar-refractivity contribution in [1.29, 1.82) is 0 Å². The third kappa shape index (κ3) is 4.53. The number of likely N-dealkylation sites (N-methyl/N-ethyl adjacent to an activating group) is 1. The van der Waals surface area contributed by atoms with Crippen molar-refractivity contribution in [2.45, 2.75) is 6.54 Å². The van der Waals surface area contributed by atoms with Gasteiger partial charge in [0.15, 0.2) is 0 Å². The summed E-state index contributed by atoms with van der Waals surface area (Å²) < 4.78 is 10.9. The number of hydrogen-bond donors (Lipinski definition) is 0. The fourth-order valence-electron chi connectivity index (χ4n) is 3.63. The van der Waals surface area contributed by atoms with Crippen LogP contribution in [0.1, 0.15) is 10.4 Å². The molecule has 0 fully saturated rings. The molecule has 1 aliphatic heterocycles. The normalized spacial score (nSPS) is 13.6. The van der Waals surface area contributed by atoms with Crippen LogP contribution < -0.4 is 9.47 Å².